The zero-order valence-corrected chi connectivity index (χ0v) is 38.9. The van der Waals surface area contributed by atoms with Crippen molar-refractivity contribution in [3.8, 4) is 11.1 Å². The number of carbonyl (C=O) groups excluding carboxylic acids is 1. The normalized spacial score (nSPS) is 14.6. The van der Waals surface area contributed by atoms with E-state index in [2.05, 4.69) is 99.4 Å². The topological polar surface area (TPSA) is 90.3 Å². The average molecular weight is 864 g/mol. The van der Waals surface area contributed by atoms with Crippen LogP contribution in [0.4, 0.5) is 5.69 Å². The molecule has 1 aliphatic rings. The summed E-state index contributed by atoms with van der Waals surface area (Å²) in [6, 6.07) is 14.7. The molecule has 0 aliphatic heterocycles. The molecule has 0 saturated carbocycles. The Morgan fingerprint density at radius 2 is 1.77 bits per heavy atom. The first-order valence-corrected chi connectivity index (χ1v) is 21.9. The standard InChI is InChI=1S/C49H56Cl2N6O2.CH4O/c1-11-36-17-18-52-38(24-36)27-56-39(28-58)25-37-20-29(3)21-44(48(37)56)55(12-2)26-32(6)57-34(8)41(14-13-19-59-40-22-30(4)47(51)31(5)23-40)42-15-16-43(50)46(49(42)57)45-33(7)53-54(10)35(45)9;1-2/h12,15-18,20-22,24-25,28,32,40H,2,11,13-14,19,23,26-27H2,1,3-10H3;2H,1H3/t32-,40?;/m1./s1. The van der Waals surface area contributed by atoms with Gasteiger partial charge >= 0.3 is 0 Å². The van der Waals surface area contributed by atoms with Gasteiger partial charge in [-0.15, -0.1) is 0 Å². The van der Waals surface area contributed by atoms with Crippen molar-refractivity contribution in [3.05, 3.63) is 134 Å². The summed E-state index contributed by atoms with van der Waals surface area (Å²) in [6.45, 7) is 23.1. The van der Waals surface area contributed by atoms with Crippen molar-refractivity contribution in [2.75, 3.05) is 25.2 Å². The minimum Gasteiger partial charge on any atom is -0.400 e. The second kappa shape index (κ2) is 19.4. The van der Waals surface area contributed by atoms with Gasteiger partial charge in [0.05, 0.1) is 51.5 Å². The summed E-state index contributed by atoms with van der Waals surface area (Å²) in [4.78, 5) is 19.5. The highest BCUT2D eigenvalue weighted by molar-refractivity contribution is 6.35. The van der Waals surface area contributed by atoms with E-state index >= 15 is 0 Å². The second-order valence-corrected chi connectivity index (χ2v) is 17.1. The van der Waals surface area contributed by atoms with Gasteiger partial charge in [0, 0.05) is 77.9 Å². The lowest BCUT2D eigenvalue weighted by atomic mass is 9.98. The van der Waals surface area contributed by atoms with E-state index in [-0.39, 0.29) is 12.1 Å². The molecule has 6 aromatic rings. The predicted octanol–water partition coefficient (Wildman–Crippen LogP) is 11.7. The zero-order valence-electron chi connectivity index (χ0n) is 37.4. The number of ether oxygens (including phenoxy) is 1. The van der Waals surface area contributed by atoms with Gasteiger partial charge in [0.15, 0.2) is 6.29 Å². The van der Waals surface area contributed by atoms with E-state index in [0.29, 0.717) is 30.4 Å². The SMILES string of the molecule is C=CN(C[C@@H](C)n1c(C)c(CCCOC2C=C(C)C(Cl)=C(C)C2)c2ccc(Cl)c(-c3c(C)nn(C)c3C)c21)c1cc(C)cc2cc(C=O)n(Cc3cc(CC)ccn3)c12.CO. The van der Waals surface area contributed by atoms with E-state index in [4.69, 9.17) is 43.1 Å². The van der Waals surface area contributed by atoms with Gasteiger partial charge in [-0.1, -0.05) is 54.4 Å². The van der Waals surface area contributed by atoms with E-state index < -0.39 is 0 Å². The molecule has 0 fully saturated rings. The van der Waals surface area contributed by atoms with Crippen LogP contribution in [-0.4, -0.2) is 61.7 Å². The zero-order chi connectivity index (χ0) is 44.3. The molecular formula is C50H60Cl2N6O3. The third-order valence-electron chi connectivity index (χ3n) is 12.1. The maximum Gasteiger partial charge on any atom is 0.166 e. The van der Waals surface area contributed by atoms with E-state index in [1.165, 1.54) is 27.8 Å². The first-order valence-electron chi connectivity index (χ1n) is 21.1. The number of anilines is 1. The molecule has 2 aromatic carbocycles. The van der Waals surface area contributed by atoms with Gasteiger partial charge in [-0.3, -0.25) is 14.5 Å². The van der Waals surface area contributed by atoms with Crippen molar-refractivity contribution in [1.29, 1.82) is 0 Å². The van der Waals surface area contributed by atoms with Crippen LogP contribution in [0.2, 0.25) is 5.02 Å². The number of pyridine rings is 1. The number of rotatable bonds is 15. The number of benzene rings is 2. The lowest BCUT2D eigenvalue weighted by Crippen LogP contribution is -2.26. The Balaban J connectivity index is 0.00000307. The number of hydrogen-bond acceptors (Lipinski definition) is 6. The van der Waals surface area contributed by atoms with E-state index in [9.17, 15) is 4.79 Å². The Kier molecular flexibility index (Phi) is 14.5. The van der Waals surface area contributed by atoms with Gasteiger partial charge in [-0.05, 0) is 139 Å². The number of aliphatic hydroxyl groups excluding tert-OH is 1. The highest BCUT2D eigenvalue weighted by Crippen LogP contribution is 2.44. The third kappa shape index (κ3) is 9.03. The summed E-state index contributed by atoms with van der Waals surface area (Å²) in [7, 11) is 2.99. The summed E-state index contributed by atoms with van der Waals surface area (Å²) in [5, 5.41) is 15.6. The molecule has 0 bridgehead atoms. The Bertz CT molecular complexity index is 2660. The number of nitrogens with zero attached hydrogens (tertiary/aromatic N) is 6. The highest BCUT2D eigenvalue weighted by Gasteiger charge is 2.27. The van der Waals surface area contributed by atoms with Crippen LogP contribution in [0.25, 0.3) is 32.9 Å². The van der Waals surface area contributed by atoms with Crippen molar-refractivity contribution < 1.29 is 14.6 Å². The first kappa shape index (κ1) is 45.6. The van der Waals surface area contributed by atoms with Crippen molar-refractivity contribution in [2.45, 2.75) is 99.8 Å². The van der Waals surface area contributed by atoms with Crippen molar-refractivity contribution >= 4 is 57.0 Å². The predicted molar refractivity (Wildman–Crippen MR) is 254 cm³/mol. The minimum absolute atomic E-state index is 0.0290. The summed E-state index contributed by atoms with van der Waals surface area (Å²) in [5.74, 6) is 0. The van der Waals surface area contributed by atoms with Crippen LogP contribution < -0.4 is 4.90 Å². The lowest BCUT2D eigenvalue weighted by Gasteiger charge is -2.29. The largest absolute Gasteiger partial charge is 0.400 e. The van der Waals surface area contributed by atoms with Crippen molar-refractivity contribution in [1.82, 2.24) is 23.9 Å². The quantitative estimate of drug-likeness (QED) is 0.0817. The van der Waals surface area contributed by atoms with Gasteiger partial charge in [0.25, 0.3) is 0 Å². The molecule has 4 aromatic heterocycles. The Labute approximate surface area is 370 Å². The van der Waals surface area contributed by atoms with Crippen LogP contribution in [0, 0.1) is 27.7 Å². The molecule has 1 N–H and O–H groups in total. The average Bonchev–Trinajstić information content (AvgIpc) is 3.83. The van der Waals surface area contributed by atoms with Crippen LogP contribution in [0.15, 0.2) is 83.7 Å². The number of hydrogen-bond donors (Lipinski definition) is 1. The molecule has 322 valence electrons. The molecule has 11 heteroatoms. The Morgan fingerprint density at radius 3 is 2.43 bits per heavy atom. The number of halogens is 2. The summed E-state index contributed by atoms with van der Waals surface area (Å²) in [5.41, 5.74) is 15.7. The molecule has 1 aliphatic carbocycles. The summed E-state index contributed by atoms with van der Waals surface area (Å²) >= 11 is 13.7. The van der Waals surface area contributed by atoms with Crippen LogP contribution in [0.3, 0.4) is 0 Å². The van der Waals surface area contributed by atoms with E-state index in [1.807, 2.05) is 49.2 Å². The summed E-state index contributed by atoms with van der Waals surface area (Å²) < 4.78 is 12.9. The molecule has 1 unspecified atom stereocenters. The molecule has 9 nitrogen and oxygen atoms in total. The number of carbonyl (C=O) groups is 1. The molecule has 4 heterocycles. The van der Waals surface area contributed by atoms with Crippen molar-refractivity contribution in [3.63, 3.8) is 0 Å². The fourth-order valence-corrected chi connectivity index (χ4v) is 9.60. The molecule has 7 rings (SSSR count). The first-order chi connectivity index (χ1) is 29.3. The van der Waals surface area contributed by atoms with Gasteiger partial charge in [0.2, 0.25) is 0 Å². The minimum atomic E-state index is -0.0303. The van der Waals surface area contributed by atoms with E-state index in [0.717, 1.165) is 106 Å². The Hall–Kier alpha value is -4.93. The second-order valence-electron chi connectivity index (χ2n) is 16.3. The van der Waals surface area contributed by atoms with Gasteiger partial charge in [-0.2, -0.15) is 5.10 Å². The molecule has 61 heavy (non-hydrogen) atoms. The van der Waals surface area contributed by atoms with Crippen LogP contribution in [0.5, 0.6) is 0 Å². The fraction of sp³-hybridized carbons (Fsp3) is 0.380. The van der Waals surface area contributed by atoms with Gasteiger partial charge < -0.3 is 23.9 Å². The van der Waals surface area contributed by atoms with Gasteiger partial charge in [0.1, 0.15) is 0 Å². The molecule has 2 atom stereocenters. The number of fused-ring (bicyclic) bond motifs is 2. The van der Waals surface area contributed by atoms with Crippen LogP contribution >= 0.6 is 23.2 Å². The maximum absolute atomic E-state index is 12.6. The molecule has 0 spiro atoms. The number of allylic oxidation sites excluding steroid dienone is 2. The maximum atomic E-state index is 12.6. The molecule has 0 saturated heterocycles. The van der Waals surface area contributed by atoms with Gasteiger partial charge in [-0.25, -0.2) is 0 Å². The fourth-order valence-electron chi connectivity index (χ4n) is 9.22. The number of aryl methyl sites for hydroxylation is 5. The number of aliphatic hydroxyl groups is 1. The van der Waals surface area contributed by atoms with Crippen LogP contribution in [-0.2, 0) is 31.2 Å². The summed E-state index contributed by atoms with van der Waals surface area (Å²) in [6.07, 6.45) is 10.3. The third-order valence-corrected chi connectivity index (χ3v) is 13.1. The Morgan fingerprint density at radius 1 is 1.02 bits per heavy atom. The molecule has 0 amide bonds. The molecular weight excluding hydrogens is 803 g/mol. The van der Waals surface area contributed by atoms with Crippen LogP contribution in [0.1, 0.15) is 96.5 Å². The smallest absolute Gasteiger partial charge is 0.166 e. The number of aldehydes is 1. The number of aromatic nitrogens is 5. The molecule has 0 radical (unpaired) electrons. The highest BCUT2D eigenvalue weighted by atomic mass is 35.5. The monoisotopic (exact) mass is 862 g/mol. The van der Waals surface area contributed by atoms with E-state index in [1.54, 1.807) is 0 Å². The lowest BCUT2D eigenvalue weighted by molar-refractivity contribution is 0.0822. The van der Waals surface area contributed by atoms with Crippen molar-refractivity contribution in [2.24, 2.45) is 7.05 Å².